The predicted molar refractivity (Wildman–Crippen MR) is 82.7 cm³/mol. The molecule has 2 N–H and O–H groups in total. The van der Waals surface area contributed by atoms with E-state index in [0.717, 1.165) is 19.6 Å². The van der Waals surface area contributed by atoms with Crippen LogP contribution < -0.4 is 10.6 Å². The van der Waals surface area contributed by atoms with Gasteiger partial charge in [-0.25, -0.2) is 0 Å². The Kier molecular flexibility index (Phi) is 5.00. The van der Waals surface area contributed by atoms with Gasteiger partial charge in [0.2, 0.25) is 0 Å². The quantitative estimate of drug-likeness (QED) is 0.822. The van der Waals surface area contributed by atoms with Gasteiger partial charge in [-0.15, -0.1) is 0 Å². The van der Waals surface area contributed by atoms with Crippen molar-refractivity contribution < 1.29 is 0 Å². The molecule has 0 spiro atoms. The predicted octanol–water partition coefficient (Wildman–Crippen LogP) is 2.87. The lowest BCUT2D eigenvalue weighted by Crippen LogP contribution is -2.40. The fraction of sp³-hybridized carbons (Fsp3) is 0.647. The Morgan fingerprint density at radius 3 is 2.58 bits per heavy atom. The van der Waals surface area contributed by atoms with Gasteiger partial charge in [-0.3, -0.25) is 0 Å². The maximum absolute atomic E-state index is 3.70. The van der Waals surface area contributed by atoms with E-state index in [0.29, 0.717) is 6.04 Å². The molecule has 1 unspecified atom stereocenters. The Labute approximate surface area is 118 Å². The highest BCUT2D eigenvalue weighted by atomic mass is 15.0. The molecule has 0 aromatic heterocycles. The van der Waals surface area contributed by atoms with E-state index in [2.05, 4.69) is 55.7 Å². The summed E-state index contributed by atoms with van der Waals surface area (Å²) in [5.41, 5.74) is 3.09. The third kappa shape index (κ3) is 4.05. The van der Waals surface area contributed by atoms with Crippen molar-refractivity contribution in [3.63, 3.8) is 0 Å². The fourth-order valence-electron chi connectivity index (χ4n) is 2.74. The number of hydrogen-bond donors (Lipinski definition) is 2. The van der Waals surface area contributed by atoms with Gasteiger partial charge >= 0.3 is 0 Å². The second kappa shape index (κ2) is 6.53. The van der Waals surface area contributed by atoms with Gasteiger partial charge in [0.25, 0.3) is 0 Å². The smallest absolute Gasteiger partial charge is 0.0204 e. The molecular weight excluding hydrogens is 232 g/mol. The number of rotatable bonds is 6. The van der Waals surface area contributed by atoms with E-state index in [1.165, 1.54) is 30.4 Å². The van der Waals surface area contributed by atoms with E-state index in [-0.39, 0.29) is 5.41 Å². The molecule has 19 heavy (non-hydrogen) atoms. The Morgan fingerprint density at radius 1 is 1.26 bits per heavy atom. The first-order chi connectivity index (χ1) is 9.12. The second-order valence-corrected chi connectivity index (χ2v) is 6.40. The molecule has 1 aliphatic heterocycles. The maximum atomic E-state index is 3.70. The minimum atomic E-state index is 0.202. The van der Waals surface area contributed by atoms with Gasteiger partial charge in [0, 0.05) is 24.5 Å². The molecule has 2 nitrogen and oxygen atoms in total. The molecule has 1 aromatic rings. The standard InChI is InChI=1S/C17H28N2/c1-4-5-14-6-8-15(9-7-14)17(2,3)13-19-16-10-11-18-12-16/h6-9,16,18-19H,4-5,10-13H2,1-3H3. The van der Waals surface area contributed by atoms with Crippen LogP contribution in [0.25, 0.3) is 0 Å². The number of hydrogen-bond acceptors (Lipinski definition) is 2. The molecule has 1 fully saturated rings. The Bertz CT molecular complexity index is 375. The highest BCUT2D eigenvalue weighted by Gasteiger charge is 2.23. The topological polar surface area (TPSA) is 24.1 Å². The largest absolute Gasteiger partial charge is 0.315 e. The summed E-state index contributed by atoms with van der Waals surface area (Å²) in [6.45, 7) is 10.2. The summed E-state index contributed by atoms with van der Waals surface area (Å²) >= 11 is 0. The molecule has 0 amide bonds. The van der Waals surface area contributed by atoms with Crippen LogP contribution in [-0.4, -0.2) is 25.7 Å². The van der Waals surface area contributed by atoms with Gasteiger partial charge in [-0.2, -0.15) is 0 Å². The average Bonchev–Trinajstić information content (AvgIpc) is 2.91. The molecule has 1 aliphatic rings. The monoisotopic (exact) mass is 260 g/mol. The van der Waals surface area contributed by atoms with Crippen LogP contribution in [0, 0.1) is 0 Å². The van der Waals surface area contributed by atoms with Crippen molar-refractivity contribution in [3.8, 4) is 0 Å². The van der Waals surface area contributed by atoms with Crippen molar-refractivity contribution in [1.82, 2.24) is 10.6 Å². The summed E-state index contributed by atoms with van der Waals surface area (Å²) in [4.78, 5) is 0. The Hall–Kier alpha value is -0.860. The second-order valence-electron chi connectivity index (χ2n) is 6.40. The van der Waals surface area contributed by atoms with E-state index in [9.17, 15) is 0 Å². The van der Waals surface area contributed by atoms with Crippen molar-refractivity contribution in [2.45, 2.75) is 51.5 Å². The molecule has 2 heteroatoms. The summed E-state index contributed by atoms with van der Waals surface area (Å²) in [7, 11) is 0. The Balaban J connectivity index is 1.93. The van der Waals surface area contributed by atoms with E-state index in [1.54, 1.807) is 0 Å². The van der Waals surface area contributed by atoms with Gasteiger partial charge in [-0.1, -0.05) is 51.5 Å². The minimum absolute atomic E-state index is 0.202. The zero-order valence-corrected chi connectivity index (χ0v) is 12.6. The van der Waals surface area contributed by atoms with Gasteiger partial charge in [-0.05, 0) is 30.5 Å². The van der Waals surface area contributed by atoms with E-state index in [4.69, 9.17) is 0 Å². The van der Waals surface area contributed by atoms with E-state index < -0.39 is 0 Å². The third-order valence-electron chi connectivity index (χ3n) is 4.17. The Morgan fingerprint density at radius 2 is 2.00 bits per heavy atom. The lowest BCUT2D eigenvalue weighted by molar-refractivity contribution is 0.428. The molecule has 1 saturated heterocycles. The van der Waals surface area contributed by atoms with Crippen LogP contribution in [0.3, 0.4) is 0 Å². The molecule has 1 atom stereocenters. The lowest BCUT2D eigenvalue weighted by Gasteiger charge is -2.28. The molecule has 0 aliphatic carbocycles. The van der Waals surface area contributed by atoms with Crippen LogP contribution in [-0.2, 0) is 11.8 Å². The number of nitrogens with one attached hydrogen (secondary N) is 2. The van der Waals surface area contributed by atoms with E-state index in [1.807, 2.05) is 0 Å². The van der Waals surface area contributed by atoms with Gasteiger partial charge in [0.15, 0.2) is 0 Å². The number of benzene rings is 1. The molecule has 0 radical (unpaired) electrons. The third-order valence-corrected chi connectivity index (χ3v) is 4.17. The van der Waals surface area contributed by atoms with Gasteiger partial charge in [0.1, 0.15) is 0 Å². The van der Waals surface area contributed by atoms with Crippen LogP contribution in [0.1, 0.15) is 44.7 Å². The summed E-state index contributed by atoms with van der Waals surface area (Å²) < 4.78 is 0. The first-order valence-corrected chi connectivity index (χ1v) is 7.65. The van der Waals surface area contributed by atoms with Crippen molar-refractivity contribution in [1.29, 1.82) is 0 Å². The van der Waals surface area contributed by atoms with Crippen LogP contribution in [0.2, 0.25) is 0 Å². The highest BCUT2D eigenvalue weighted by molar-refractivity contribution is 5.28. The number of aryl methyl sites for hydroxylation is 1. The van der Waals surface area contributed by atoms with Crippen LogP contribution in [0.5, 0.6) is 0 Å². The molecule has 2 rings (SSSR count). The first kappa shape index (κ1) is 14.5. The first-order valence-electron chi connectivity index (χ1n) is 7.65. The molecule has 0 saturated carbocycles. The lowest BCUT2D eigenvalue weighted by atomic mass is 9.84. The van der Waals surface area contributed by atoms with Crippen molar-refractivity contribution in [2.75, 3.05) is 19.6 Å². The average molecular weight is 260 g/mol. The maximum Gasteiger partial charge on any atom is 0.0204 e. The minimum Gasteiger partial charge on any atom is -0.315 e. The molecular formula is C17H28N2. The molecule has 0 bridgehead atoms. The highest BCUT2D eigenvalue weighted by Crippen LogP contribution is 2.23. The SMILES string of the molecule is CCCc1ccc(C(C)(C)CNC2CCNC2)cc1. The summed E-state index contributed by atoms with van der Waals surface area (Å²) in [5.74, 6) is 0. The molecule has 1 aromatic carbocycles. The van der Waals surface area contributed by atoms with Crippen molar-refractivity contribution in [2.24, 2.45) is 0 Å². The van der Waals surface area contributed by atoms with Crippen LogP contribution in [0.15, 0.2) is 24.3 Å². The molecule has 106 valence electrons. The summed E-state index contributed by atoms with van der Waals surface area (Å²) in [5, 5.41) is 7.10. The van der Waals surface area contributed by atoms with Crippen molar-refractivity contribution in [3.05, 3.63) is 35.4 Å². The van der Waals surface area contributed by atoms with Gasteiger partial charge < -0.3 is 10.6 Å². The molecule has 1 heterocycles. The van der Waals surface area contributed by atoms with Crippen molar-refractivity contribution >= 4 is 0 Å². The zero-order chi connectivity index (χ0) is 13.7. The normalized spacial score (nSPS) is 19.8. The van der Waals surface area contributed by atoms with Crippen LogP contribution >= 0.6 is 0 Å². The summed E-state index contributed by atoms with van der Waals surface area (Å²) in [6, 6.07) is 9.84. The van der Waals surface area contributed by atoms with E-state index >= 15 is 0 Å². The zero-order valence-electron chi connectivity index (χ0n) is 12.6. The fourth-order valence-corrected chi connectivity index (χ4v) is 2.74. The summed E-state index contributed by atoms with van der Waals surface area (Å²) in [6.07, 6.45) is 3.66. The van der Waals surface area contributed by atoms with Crippen LogP contribution in [0.4, 0.5) is 0 Å². The van der Waals surface area contributed by atoms with Gasteiger partial charge in [0.05, 0.1) is 0 Å².